The van der Waals surface area contributed by atoms with Crippen LogP contribution in [0.5, 0.6) is 0 Å². The fourth-order valence-corrected chi connectivity index (χ4v) is 2.18. The van der Waals surface area contributed by atoms with Crippen molar-refractivity contribution in [3.8, 4) is 0 Å². The number of benzene rings is 1. The number of furan rings is 1. The van der Waals surface area contributed by atoms with Gasteiger partial charge in [-0.1, -0.05) is 25.1 Å². The number of amides is 1. The summed E-state index contributed by atoms with van der Waals surface area (Å²) >= 11 is 0. The summed E-state index contributed by atoms with van der Waals surface area (Å²) in [5.74, 6) is 1.10. The molecule has 4 nitrogen and oxygen atoms in total. The predicted molar refractivity (Wildman–Crippen MR) is 83.9 cm³/mol. The van der Waals surface area contributed by atoms with Gasteiger partial charge in [0.25, 0.3) is 5.91 Å². The van der Waals surface area contributed by atoms with Crippen LogP contribution in [0.3, 0.4) is 0 Å². The van der Waals surface area contributed by atoms with Gasteiger partial charge in [0.15, 0.2) is 5.76 Å². The number of carbonyl (C=O) groups is 1. The zero-order valence-corrected chi connectivity index (χ0v) is 12.8. The van der Waals surface area contributed by atoms with E-state index in [4.69, 9.17) is 10.2 Å². The largest absolute Gasteiger partial charge is 0.456 e. The zero-order valence-electron chi connectivity index (χ0n) is 12.8. The second kappa shape index (κ2) is 6.48. The molecular formula is C17H22N2O2. The van der Waals surface area contributed by atoms with E-state index in [1.165, 1.54) is 0 Å². The highest BCUT2D eigenvalue weighted by Crippen LogP contribution is 2.19. The van der Waals surface area contributed by atoms with Gasteiger partial charge in [-0.05, 0) is 37.6 Å². The zero-order chi connectivity index (χ0) is 15.4. The number of rotatable bonds is 5. The molecule has 0 fully saturated rings. The first-order valence-electron chi connectivity index (χ1n) is 7.26. The number of anilines is 1. The highest BCUT2D eigenvalue weighted by molar-refractivity contribution is 5.91. The van der Waals surface area contributed by atoms with Gasteiger partial charge in [0.1, 0.15) is 5.76 Å². The van der Waals surface area contributed by atoms with Gasteiger partial charge in [-0.15, -0.1) is 0 Å². The minimum atomic E-state index is -0.104. The van der Waals surface area contributed by atoms with Gasteiger partial charge in [-0.3, -0.25) is 4.79 Å². The summed E-state index contributed by atoms with van der Waals surface area (Å²) in [6.07, 6.45) is 0.778. The average Bonchev–Trinajstić information content (AvgIpc) is 2.94. The van der Waals surface area contributed by atoms with Crippen molar-refractivity contribution in [3.63, 3.8) is 0 Å². The maximum Gasteiger partial charge on any atom is 0.290 e. The molecule has 0 aliphatic carbocycles. The molecular weight excluding hydrogens is 264 g/mol. The first kappa shape index (κ1) is 15.2. The molecule has 0 radical (unpaired) electrons. The molecule has 0 saturated heterocycles. The molecule has 0 saturated carbocycles. The van der Waals surface area contributed by atoms with Gasteiger partial charge in [0, 0.05) is 24.7 Å². The van der Waals surface area contributed by atoms with E-state index in [0.29, 0.717) is 18.0 Å². The summed E-state index contributed by atoms with van der Waals surface area (Å²) in [5, 5.41) is 0. The molecule has 0 unspecified atom stereocenters. The molecule has 0 aliphatic rings. The Morgan fingerprint density at radius 2 is 1.95 bits per heavy atom. The third-order valence-electron chi connectivity index (χ3n) is 3.50. The van der Waals surface area contributed by atoms with Crippen LogP contribution in [0.25, 0.3) is 0 Å². The maximum absolute atomic E-state index is 12.6. The van der Waals surface area contributed by atoms with Crippen molar-refractivity contribution < 1.29 is 9.21 Å². The fraction of sp³-hybridized carbons (Fsp3) is 0.353. The van der Waals surface area contributed by atoms with Gasteiger partial charge in [-0.2, -0.15) is 0 Å². The van der Waals surface area contributed by atoms with Gasteiger partial charge in [0.2, 0.25) is 0 Å². The minimum Gasteiger partial charge on any atom is -0.456 e. The summed E-state index contributed by atoms with van der Waals surface area (Å²) in [6, 6.07) is 11.3. The molecule has 1 amide bonds. The molecule has 0 spiro atoms. The lowest BCUT2D eigenvalue weighted by molar-refractivity contribution is 0.0656. The molecule has 1 heterocycles. The second-order valence-electron chi connectivity index (χ2n) is 5.35. The summed E-state index contributed by atoms with van der Waals surface area (Å²) in [7, 11) is 0. The smallest absolute Gasteiger partial charge is 0.290 e. The number of hydrogen-bond donors (Lipinski definition) is 1. The molecule has 0 aliphatic heterocycles. The molecule has 2 N–H and O–H groups in total. The Kier molecular flexibility index (Phi) is 4.68. The second-order valence-corrected chi connectivity index (χ2v) is 5.35. The van der Waals surface area contributed by atoms with Crippen LogP contribution in [0.4, 0.5) is 5.69 Å². The molecule has 1 aromatic heterocycles. The normalized spacial score (nSPS) is 10.9. The molecule has 0 bridgehead atoms. The molecule has 2 aromatic rings. The standard InChI is InChI=1S/C17H22N2O2/c1-4-14-9-10-16(21-14)17(20)19(12(2)3)11-13-7-5-6-8-15(13)18/h5-10,12H,4,11,18H2,1-3H3. The Morgan fingerprint density at radius 3 is 2.52 bits per heavy atom. The van der Waals surface area contributed by atoms with Crippen molar-refractivity contribution in [3.05, 3.63) is 53.5 Å². The van der Waals surface area contributed by atoms with E-state index < -0.39 is 0 Å². The molecule has 0 atom stereocenters. The lowest BCUT2D eigenvalue weighted by atomic mass is 10.1. The van der Waals surface area contributed by atoms with E-state index in [2.05, 4.69) is 0 Å². The minimum absolute atomic E-state index is 0.0623. The van der Waals surface area contributed by atoms with Crippen LogP contribution < -0.4 is 5.73 Å². The summed E-state index contributed by atoms with van der Waals surface area (Å²) in [6.45, 7) is 6.45. The van der Waals surface area contributed by atoms with Gasteiger partial charge in [0.05, 0.1) is 0 Å². The van der Waals surface area contributed by atoms with Crippen LogP contribution in [0.15, 0.2) is 40.8 Å². The van der Waals surface area contributed by atoms with Crippen molar-refractivity contribution in [1.82, 2.24) is 4.90 Å². The molecule has 4 heteroatoms. The molecule has 21 heavy (non-hydrogen) atoms. The Labute approximate surface area is 125 Å². The van der Waals surface area contributed by atoms with E-state index in [1.54, 1.807) is 11.0 Å². The van der Waals surface area contributed by atoms with Crippen LogP contribution in [-0.4, -0.2) is 16.8 Å². The Balaban J connectivity index is 2.23. The third-order valence-corrected chi connectivity index (χ3v) is 3.50. The van der Waals surface area contributed by atoms with E-state index >= 15 is 0 Å². The molecule has 112 valence electrons. The monoisotopic (exact) mass is 286 g/mol. The highest BCUT2D eigenvalue weighted by Gasteiger charge is 2.22. The number of aryl methyl sites for hydroxylation is 1. The van der Waals surface area contributed by atoms with Crippen LogP contribution in [0, 0.1) is 0 Å². The van der Waals surface area contributed by atoms with Crippen LogP contribution in [0.2, 0.25) is 0 Å². The van der Waals surface area contributed by atoms with E-state index in [1.807, 2.05) is 51.1 Å². The number of nitrogens with two attached hydrogens (primary N) is 1. The topological polar surface area (TPSA) is 59.5 Å². The Bertz CT molecular complexity index is 617. The van der Waals surface area contributed by atoms with E-state index in [9.17, 15) is 4.79 Å². The first-order chi connectivity index (χ1) is 10.0. The molecule has 1 aromatic carbocycles. The van der Waals surface area contributed by atoms with Crippen LogP contribution in [-0.2, 0) is 13.0 Å². The summed E-state index contributed by atoms with van der Waals surface area (Å²) < 4.78 is 5.57. The van der Waals surface area contributed by atoms with Crippen molar-refractivity contribution in [2.24, 2.45) is 0 Å². The number of nitrogens with zero attached hydrogens (tertiary/aromatic N) is 1. The Hall–Kier alpha value is -2.23. The average molecular weight is 286 g/mol. The maximum atomic E-state index is 12.6. The van der Waals surface area contributed by atoms with Crippen molar-refractivity contribution in [2.75, 3.05) is 5.73 Å². The lowest BCUT2D eigenvalue weighted by Gasteiger charge is -2.26. The SMILES string of the molecule is CCc1ccc(C(=O)N(Cc2ccccc2N)C(C)C)o1. The van der Waals surface area contributed by atoms with Gasteiger partial charge < -0.3 is 15.1 Å². The van der Waals surface area contributed by atoms with Gasteiger partial charge >= 0.3 is 0 Å². The highest BCUT2D eigenvalue weighted by atomic mass is 16.4. The number of carbonyl (C=O) groups excluding carboxylic acids is 1. The molecule has 2 rings (SSSR count). The van der Waals surface area contributed by atoms with Crippen molar-refractivity contribution >= 4 is 11.6 Å². The van der Waals surface area contributed by atoms with Gasteiger partial charge in [-0.25, -0.2) is 0 Å². The van der Waals surface area contributed by atoms with Crippen LogP contribution in [0.1, 0.15) is 42.6 Å². The number of para-hydroxylation sites is 1. The third kappa shape index (κ3) is 3.45. The quantitative estimate of drug-likeness (QED) is 0.856. The van der Waals surface area contributed by atoms with Crippen LogP contribution >= 0.6 is 0 Å². The number of hydrogen-bond acceptors (Lipinski definition) is 3. The number of nitrogen functional groups attached to an aromatic ring is 1. The first-order valence-corrected chi connectivity index (χ1v) is 7.26. The Morgan fingerprint density at radius 1 is 1.24 bits per heavy atom. The van der Waals surface area contributed by atoms with E-state index in [0.717, 1.165) is 17.7 Å². The lowest BCUT2D eigenvalue weighted by Crippen LogP contribution is -2.36. The summed E-state index contributed by atoms with van der Waals surface area (Å²) in [5.41, 5.74) is 7.62. The fourth-order valence-electron chi connectivity index (χ4n) is 2.18. The predicted octanol–water partition coefficient (Wildman–Crippen LogP) is 3.48. The van der Waals surface area contributed by atoms with Crippen molar-refractivity contribution in [2.45, 2.75) is 39.8 Å². The van der Waals surface area contributed by atoms with Crippen molar-refractivity contribution in [1.29, 1.82) is 0 Å². The summed E-state index contributed by atoms with van der Waals surface area (Å²) in [4.78, 5) is 14.4. The van der Waals surface area contributed by atoms with E-state index in [-0.39, 0.29) is 11.9 Å².